The molecule has 0 aliphatic heterocycles. The Morgan fingerprint density at radius 3 is 2.95 bits per heavy atom. The molecule has 1 aromatic carbocycles. The molecule has 98 valence electrons. The van der Waals surface area contributed by atoms with Gasteiger partial charge in [0.05, 0.1) is 0 Å². The largest absolute Gasteiger partial charge is 0.459 e. The third-order valence-electron chi connectivity index (χ3n) is 3.36. The Balaban J connectivity index is 2.06. The van der Waals surface area contributed by atoms with Crippen molar-refractivity contribution in [1.82, 2.24) is 14.9 Å². The van der Waals surface area contributed by atoms with Crippen molar-refractivity contribution in [3.05, 3.63) is 54.3 Å². The summed E-state index contributed by atoms with van der Waals surface area (Å²) in [6, 6.07) is 10.1. The fourth-order valence-electron chi connectivity index (χ4n) is 2.39. The minimum Gasteiger partial charge on any atom is -0.459 e. The molecule has 2 aromatic heterocycles. The highest BCUT2D eigenvalue weighted by molar-refractivity contribution is 5.77. The standard InChI is InChI=1S/C15H17N3O/c1-3-18-9-8-17-15(18)14(16-2)13-10-11-6-4-5-7-12(11)19-13/h4-10,14,16H,3H2,1-2H3. The number of furan rings is 1. The van der Waals surface area contributed by atoms with Crippen LogP contribution in [-0.2, 0) is 6.54 Å². The molecule has 0 radical (unpaired) electrons. The van der Waals surface area contributed by atoms with Gasteiger partial charge >= 0.3 is 0 Å². The van der Waals surface area contributed by atoms with Crippen LogP contribution in [-0.4, -0.2) is 16.6 Å². The van der Waals surface area contributed by atoms with E-state index in [0.29, 0.717) is 0 Å². The van der Waals surface area contributed by atoms with E-state index in [0.717, 1.165) is 29.1 Å². The Morgan fingerprint density at radius 2 is 2.21 bits per heavy atom. The number of hydrogen-bond donors (Lipinski definition) is 1. The lowest BCUT2D eigenvalue weighted by Crippen LogP contribution is -2.21. The summed E-state index contributed by atoms with van der Waals surface area (Å²) >= 11 is 0. The number of nitrogens with one attached hydrogen (secondary N) is 1. The van der Waals surface area contributed by atoms with Crippen molar-refractivity contribution in [2.45, 2.75) is 19.5 Å². The van der Waals surface area contributed by atoms with E-state index in [-0.39, 0.29) is 6.04 Å². The fraction of sp³-hybridized carbons (Fsp3) is 0.267. The molecule has 0 saturated carbocycles. The first kappa shape index (κ1) is 12.0. The van der Waals surface area contributed by atoms with Crippen molar-refractivity contribution in [3.63, 3.8) is 0 Å². The SMILES string of the molecule is CCn1ccnc1C(NC)c1cc2ccccc2o1. The highest BCUT2D eigenvalue weighted by atomic mass is 16.3. The van der Waals surface area contributed by atoms with Gasteiger partial charge in [-0.1, -0.05) is 18.2 Å². The molecule has 1 N–H and O–H groups in total. The van der Waals surface area contributed by atoms with Gasteiger partial charge in [-0.25, -0.2) is 4.98 Å². The molecule has 0 aliphatic rings. The van der Waals surface area contributed by atoms with Crippen LogP contribution in [0, 0.1) is 0 Å². The minimum absolute atomic E-state index is 0.0256. The van der Waals surface area contributed by atoms with Gasteiger partial charge in [0.25, 0.3) is 0 Å². The molecule has 0 saturated heterocycles. The highest BCUT2D eigenvalue weighted by Crippen LogP contribution is 2.27. The molecule has 19 heavy (non-hydrogen) atoms. The second-order valence-corrected chi connectivity index (χ2v) is 4.48. The van der Waals surface area contributed by atoms with E-state index in [9.17, 15) is 0 Å². The number of imidazole rings is 1. The van der Waals surface area contributed by atoms with Crippen LogP contribution in [0.1, 0.15) is 24.6 Å². The Hall–Kier alpha value is -2.07. The molecule has 0 spiro atoms. The van der Waals surface area contributed by atoms with E-state index in [2.05, 4.69) is 33.9 Å². The van der Waals surface area contributed by atoms with Crippen molar-refractivity contribution in [2.75, 3.05) is 7.05 Å². The lowest BCUT2D eigenvalue weighted by molar-refractivity contribution is 0.466. The summed E-state index contributed by atoms with van der Waals surface area (Å²) in [5.41, 5.74) is 0.910. The normalized spacial score (nSPS) is 12.9. The summed E-state index contributed by atoms with van der Waals surface area (Å²) in [6.45, 7) is 3.00. The van der Waals surface area contributed by atoms with Crippen molar-refractivity contribution in [1.29, 1.82) is 0 Å². The molecule has 4 nitrogen and oxygen atoms in total. The van der Waals surface area contributed by atoms with Gasteiger partial charge in [-0.2, -0.15) is 0 Å². The number of para-hydroxylation sites is 1. The Bertz CT molecular complexity index is 650. The van der Waals surface area contributed by atoms with Crippen LogP contribution in [0.3, 0.4) is 0 Å². The molecule has 0 aliphatic carbocycles. The van der Waals surface area contributed by atoms with Crippen LogP contribution in [0.2, 0.25) is 0 Å². The van der Waals surface area contributed by atoms with Gasteiger partial charge in [-0.15, -0.1) is 0 Å². The number of benzene rings is 1. The van der Waals surface area contributed by atoms with Gasteiger partial charge in [0, 0.05) is 24.3 Å². The molecule has 3 rings (SSSR count). The van der Waals surface area contributed by atoms with Gasteiger partial charge in [0.1, 0.15) is 23.2 Å². The first-order valence-corrected chi connectivity index (χ1v) is 6.50. The van der Waals surface area contributed by atoms with Crippen LogP contribution in [0.25, 0.3) is 11.0 Å². The van der Waals surface area contributed by atoms with E-state index < -0.39 is 0 Å². The second kappa shape index (κ2) is 4.90. The topological polar surface area (TPSA) is 43.0 Å². The molecule has 3 aromatic rings. The molecule has 1 unspecified atom stereocenters. The fourth-order valence-corrected chi connectivity index (χ4v) is 2.39. The number of hydrogen-bond acceptors (Lipinski definition) is 3. The average molecular weight is 255 g/mol. The van der Waals surface area contributed by atoms with Gasteiger partial charge < -0.3 is 14.3 Å². The van der Waals surface area contributed by atoms with Crippen LogP contribution >= 0.6 is 0 Å². The molecular formula is C15H17N3O. The number of rotatable bonds is 4. The van der Waals surface area contributed by atoms with Gasteiger partial charge in [-0.3, -0.25) is 0 Å². The van der Waals surface area contributed by atoms with Crippen molar-refractivity contribution in [3.8, 4) is 0 Å². The molecule has 0 amide bonds. The van der Waals surface area contributed by atoms with Crippen molar-refractivity contribution >= 4 is 11.0 Å². The highest BCUT2D eigenvalue weighted by Gasteiger charge is 2.20. The maximum absolute atomic E-state index is 5.93. The second-order valence-electron chi connectivity index (χ2n) is 4.48. The van der Waals surface area contributed by atoms with E-state index in [4.69, 9.17) is 4.42 Å². The van der Waals surface area contributed by atoms with Crippen molar-refractivity contribution < 1.29 is 4.42 Å². The monoisotopic (exact) mass is 255 g/mol. The van der Waals surface area contributed by atoms with E-state index >= 15 is 0 Å². The van der Waals surface area contributed by atoms with Crippen molar-refractivity contribution in [2.24, 2.45) is 0 Å². The Kier molecular flexibility index (Phi) is 3.09. The first-order valence-electron chi connectivity index (χ1n) is 6.50. The zero-order valence-electron chi connectivity index (χ0n) is 11.1. The first-order chi connectivity index (χ1) is 9.33. The van der Waals surface area contributed by atoms with Gasteiger partial charge in [-0.05, 0) is 26.1 Å². The molecule has 4 heteroatoms. The predicted molar refractivity (Wildman–Crippen MR) is 75.0 cm³/mol. The molecule has 2 heterocycles. The van der Waals surface area contributed by atoms with Crippen LogP contribution in [0.4, 0.5) is 0 Å². The third kappa shape index (κ3) is 2.04. The predicted octanol–water partition coefficient (Wildman–Crippen LogP) is 2.96. The Labute approximate surface area is 112 Å². The smallest absolute Gasteiger partial charge is 0.134 e. The average Bonchev–Trinajstić information content (AvgIpc) is 3.05. The van der Waals surface area contributed by atoms with E-state index in [1.165, 1.54) is 0 Å². The zero-order chi connectivity index (χ0) is 13.2. The number of aromatic nitrogens is 2. The molecule has 0 fully saturated rings. The number of fused-ring (bicyclic) bond motifs is 1. The Morgan fingerprint density at radius 1 is 1.37 bits per heavy atom. The van der Waals surface area contributed by atoms with E-state index in [1.807, 2.05) is 37.6 Å². The molecule has 1 atom stereocenters. The van der Waals surface area contributed by atoms with E-state index in [1.54, 1.807) is 0 Å². The maximum atomic E-state index is 5.93. The lowest BCUT2D eigenvalue weighted by atomic mass is 10.2. The number of aryl methyl sites for hydroxylation is 1. The molecular weight excluding hydrogens is 238 g/mol. The van der Waals surface area contributed by atoms with Gasteiger partial charge in [0.15, 0.2) is 0 Å². The van der Waals surface area contributed by atoms with Crippen LogP contribution in [0.15, 0.2) is 47.1 Å². The van der Waals surface area contributed by atoms with Crippen LogP contribution < -0.4 is 5.32 Å². The maximum Gasteiger partial charge on any atom is 0.134 e. The summed E-state index contributed by atoms with van der Waals surface area (Å²) in [6.07, 6.45) is 3.81. The zero-order valence-corrected chi connectivity index (χ0v) is 11.1. The third-order valence-corrected chi connectivity index (χ3v) is 3.36. The molecule has 0 bridgehead atoms. The quantitative estimate of drug-likeness (QED) is 0.779. The summed E-state index contributed by atoms with van der Waals surface area (Å²) in [5.74, 6) is 1.87. The minimum atomic E-state index is -0.0256. The summed E-state index contributed by atoms with van der Waals surface area (Å²) < 4.78 is 8.05. The van der Waals surface area contributed by atoms with Gasteiger partial charge in [0.2, 0.25) is 0 Å². The summed E-state index contributed by atoms with van der Waals surface area (Å²) in [4.78, 5) is 4.45. The van der Waals surface area contributed by atoms with Crippen LogP contribution in [0.5, 0.6) is 0 Å². The summed E-state index contributed by atoms with van der Waals surface area (Å²) in [5, 5.41) is 4.40. The summed E-state index contributed by atoms with van der Waals surface area (Å²) in [7, 11) is 1.92. The lowest BCUT2D eigenvalue weighted by Gasteiger charge is -2.14. The number of nitrogens with zero attached hydrogens (tertiary/aromatic N) is 2.